The summed E-state index contributed by atoms with van der Waals surface area (Å²) in [6, 6.07) is 0. The highest BCUT2D eigenvalue weighted by Gasteiger charge is 2.22. The monoisotopic (exact) mass is 281 g/mol. The summed E-state index contributed by atoms with van der Waals surface area (Å²) in [5, 5.41) is 3.14. The highest BCUT2D eigenvalue weighted by atomic mass is 32.1. The average molecular weight is 281 g/mol. The maximum Gasteiger partial charge on any atom is 0.330 e. The summed E-state index contributed by atoms with van der Waals surface area (Å²) >= 11 is 5.05. The van der Waals surface area contributed by atoms with Crippen LogP contribution < -0.4 is 5.32 Å². The first kappa shape index (κ1) is 17.0. The topological polar surface area (TPSA) is 47.6 Å². The van der Waals surface area contributed by atoms with Crippen LogP contribution in [0.15, 0.2) is 0 Å². The summed E-state index contributed by atoms with van der Waals surface area (Å²) in [6.07, 6.45) is 3.09. The van der Waals surface area contributed by atoms with Crippen LogP contribution in [0.1, 0.15) is 40.0 Å². The first-order valence-electron chi connectivity index (χ1n) is 6.22. The number of hydrogen-bond acceptors (Lipinski definition) is 4. The van der Waals surface area contributed by atoms with Crippen LogP contribution in [-0.4, -0.2) is 30.9 Å². The summed E-state index contributed by atoms with van der Waals surface area (Å²) in [5.41, 5.74) is 0. The van der Waals surface area contributed by atoms with Crippen LogP contribution in [0.25, 0.3) is 0 Å². The van der Waals surface area contributed by atoms with E-state index in [0.29, 0.717) is 19.4 Å². The van der Waals surface area contributed by atoms with Crippen LogP contribution in [-0.2, 0) is 13.6 Å². The molecule has 4 nitrogen and oxygen atoms in total. The highest BCUT2D eigenvalue weighted by Crippen LogP contribution is 2.48. The van der Waals surface area contributed by atoms with Crippen LogP contribution >= 0.6 is 19.8 Å². The third kappa shape index (κ3) is 8.72. The highest BCUT2D eigenvalue weighted by molar-refractivity contribution is 7.80. The molecule has 0 atom stereocenters. The maximum atomic E-state index is 12.1. The van der Waals surface area contributed by atoms with Gasteiger partial charge in [-0.05, 0) is 33.1 Å². The molecule has 0 unspecified atom stereocenters. The molecule has 0 aliphatic carbocycles. The number of thiocarbonyl (C=S) groups is 1. The van der Waals surface area contributed by atoms with Gasteiger partial charge in [-0.1, -0.05) is 19.1 Å². The second-order valence-electron chi connectivity index (χ2n) is 3.58. The van der Waals surface area contributed by atoms with E-state index in [1.54, 1.807) is 0 Å². The number of unbranched alkanes of at least 4 members (excludes halogenated alkanes) is 1. The molecule has 0 heterocycles. The summed E-state index contributed by atoms with van der Waals surface area (Å²) in [6.45, 7) is 7.35. The van der Waals surface area contributed by atoms with E-state index in [9.17, 15) is 4.57 Å². The van der Waals surface area contributed by atoms with Crippen molar-refractivity contribution in [3.05, 3.63) is 0 Å². The van der Waals surface area contributed by atoms with Crippen molar-refractivity contribution in [3.63, 3.8) is 0 Å². The Bertz CT molecular complexity index is 251. The molecule has 0 spiro atoms. The lowest BCUT2D eigenvalue weighted by Gasteiger charge is -2.16. The Morgan fingerprint density at radius 1 is 1.18 bits per heavy atom. The Hall–Kier alpha value is 0.0400. The minimum Gasteiger partial charge on any atom is -0.380 e. The molecule has 0 rings (SSSR count). The van der Waals surface area contributed by atoms with Crippen LogP contribution in [0, 0.1) is 0 Å². The van der Waals surface area contributed by atoms with Gasteiger partial charge in [-0.2, -0.15) is 0 Å². The smallest absolute Gasteiger partial charge is 0.330 e. The van der Waals surface area contributed by atoms with Gasteiger partial charge < -0.3 is 14.4 Å². The lowest BCUT2D eigenvalue weighted by atomic mass is 10.3. The average Bonchev–Trinajstić information content (AvgIpc) is 2.29. The van der Waals surface area contributed by atoms with Crippen LogP contribution in [0.5, 0.6) is 0 Å². The molecule has 0 aromatic heterocycles. The minimum absolute atomic E-state index is 0.426. The molecule has 0 aliphatic rings. The van der Waals surface area contributed by atoms with E-state index in [-0.39, 0.29) is 0 Å². The Morgan fingerprint density at radius 2 is 1.76 bits per heavy atom. The molecule has 0 saturated carbocycles. The van der Waals surface area contributed by atoms with Gasteiger partial charge in [0.25, 0.3) is 0 Å². The molecule has 0 aromatic rings. The van der Waals surface area contributed by atoms with Gasteiger partial charge in [-0.25, -0.2) is 0 Å². The molecule has 0 amide bonds. The van der Waals surface area contributed by atoms with Crippen molar-refractivity contribution in [2.24, 2.45) is 0 Å². The van der Waals surface area contributed by atoms with E-state index in [2.05, 4.69) is 5.32 Å². The summed E-state index contributed by atoms with van der Waals surface area (Å²) in [5.74, 6) is 0. The fourth-order valence-electron chi connectivity index (χ4n) is 1.34. The molecule has 0 bridgehead atoms. The van der Waals surface area contributed by atoms with Crippen LogP contribution in [0.2, 0.25) is 0 Å². The SMILES string of the molecule is CCOP(=O)(CCCCNC(=S)CC)OCC. The molecule has 0 aliphatic heterocycles. The predicted molar refractivity (Wildman–Crippen MR) is 75.9 cm³/mol. The first-order chi connectivity index (χ1) is 8.08. The molecule has 6 heteroatoms. The Morgan fingerprint density at radius 3 is 2.24 bits per heavy atom. The standard InChI is InChI=1S/C11H24NO3PS/c1-4-11(17)12-9-7-8-10-16(13,14-5-2)15-6-3/h4-10H2,1-3H3,(H,12,17). The van der Waals surface area contributed by atoms with E-state index in [1.807, 2.05) is 20.8 Å². The van der Waals surface area contributed by atoms with Crippen molar-refractivity contribution in [2.75, 3.05) is 25.9 Å². The second-order valence-corrected chi connectivity index (χ2v) is 6.26. The van der Waals surface area contributed by atoms with Crippen molar-refractivity contribution in [1.29, 1.82) is 0 Å². The number of hydrogen-bond donors (Lipinski definition) is 1. The van der Waals surface area contributed by atoms with E-state index in [1.165, 1.54) is 0 Å². The molecule has 0 fully saturated rings. The van der Waals surface area contributed by atoms with E-state index in [0.717, 1.165) is 30.8 Å². The van der Waals surface area contributed by atoms with Crippen LogP contribution in [0.4, 0.5) is 0 Å². The Kier molecular flexibility index (Phi) is 10.0. The van der Waals surface area contributed by atoms with Crippen molar-refractivity contribution in [2.45, 2.75) is 40.0 Å². The maximum absolute atomic E-state index is 12.1. The molecule has 17 heavy (non-hydrogen) atoms. The quantitative estimate of drug-likeness (QED) is 0.378. The van der Waals surface area contributed by atoms with E-state index >= 15 is 0 Å². The zero-order valence-corrected chi connectivity index (χ0v) is 12.7. The van der Waals surface area contributed by atoms with Gasteiger partial charge in [0.05, 0.1) is 24.4 Å². The first-order valence-corrected chi connectivity index (χ1v) is 8.36. The van der Waals surface area contributed by atoms with Gasteiger partial charge in [0.15, 0.2) is 0 Å². The normalized spacial score (nSPS) is 11.5. The molecule has 0 saturated heterocycles. The lowest BCUT2D eigenvalue weighted by Crippen LogP contribution is -2.21. The lowest BCUT2D eigenvalue weighted by molar-refractivity contribution is 0.219. The van der Waals surface area contributed by atoms with Crippen molar-refractivity contribution >= 4 is 24.8 Å². The van der Waals surface area contributed by atoms with Gasteiger partial charge >= 0.3 is 7.60 Å². The molecule has 1 N–H and O–H groups in total. The van der Waals surface area contributed by atoms with Gasteiger partial charge in [0.1, 0.15) is 0 Å². The number of nitrogens with one attached hydrogen (secondary N) is 1. The zero-order valence-electron chi connectivity index (χ0n) is 11.0. The summed E-state index contributed by atoms with van der Waals surface area (Å²) in [7, 11) is -2.85. The van der Waals surface area contributed by atoms with Gasteiger partial charge in [0, 0.05) is 6.54 Å². The van der Waals surface area contributed by atoms with Gasteiger partial charge in [-0.3, -0.25) is 4.57 Å². The molecule has 102 valence electrons. The van der Waals surface area contributed by atoms with Gasteiger partial charge in [0.2, 0.25) is 0 Å². The van der Waals surface area contributed by atoms with Crippen molar-refractivity contribution in [3.8, 4) is 0 Å². The molecular weight excluding hydrogens is 257 g/mol. The van der Waals surface area contributed by atoms with E-state index in [4.69, 9.17) is 21.3 Å². The van der Waals surface area contributed by atoms with Crippen molar-refractivity contribution < 1.29 is 13.6 Å². The fraction of sp³-hybridized carbons (Fsp3) is 0.909. The van der Waals surface area contributed by atoms with Gasteiger partial charge in [-0.15, -0.1) is 0 Å². The molecular formula is C11H24NO3PS. The Balaban J connectivity index is 3.75. The van der Waals surface area contributed by atoms with Crippen molar-refractivity contribution in [1.82, 2.24) is 5.32 Å². The summed E-state index contributed by atoms with van der Waals surface area (Å²) < 4.78 is 22.5. The Labute approximate surface area is 110 Å². The van der Waals surface area contributed by atoms with Crippen LogP contribution in [0.3, 0.4) is 0 Å². The second kappa shape index (κ2) is 10.0. The zero-order chi connectivity index (χ0) is 13.1. The molecule has 0 aromatic carbocycles. The van der Waals surface area contributed by atoms with E-state index < -0.39 is 7.60 Å². The largest absolute Gasteiger partial charge is 0.380 e. The minimum atomic E-state index is -2.85. The summed E-state index contributed by atoms with van der Waals surface area (Å²) in [4.78, 5) is 0.878. The molecule has 0 radical (unpaired) electrons. The third-order valence-corrected chi connectivity index (χ3v) is 4.75. The fourth-order valence-corrected chi connectivity index (χ4v) is 3.18. The number of rotatable bonds is 10. The predicted octanol–water partition coefficient (Wildman–Crippen LogP) is 3.36. The third-order valence-electron chi connectivity index (χ3n) is 2.15.